The standard InChI is InChI=1S/C25H36ClNO4SSi/c1-19-7-13-24(14-8-19)32(28,29)27-16-23(18-31-33(5,6)25(2,3)4)30-17-22(27)15-20-9-11-21(26)12-10-20/h7-14,22-23H,15-18H2,1-6H3/t22?,23-/m0/s1. The second-order valence-corrected chi connectivity index (χ2v) is 17.5. The van der Waals surface area contributed by atoms with Crippen molar-refractivity contribution in [1.82, 2.24) is 4.31 Å². The van der Waals surface area contributed by atoms with E-state index in [0.29, 0.717) is 29.6 Å². The third-order valence-corrected chi connectivity index (χ3v) is 13.4. The molecule has 33 heavy (non-hydrogen) atoms. The molecule has 5 nitrogen and oxygen atoms in total. The molecule has 0 amide bonds. The number of hydrogen-bond acceptors (Lipinski definition) is 4. The summed E-state index contributed by atoms with van der Waals surface area (Å²) in [4.78, 5) is 0.306. The van der Waals surface area contributed by atoms with Gasteiger partial charge in [-0.2, -0.15) is 4.31 Å². The average Bonchev–Trinajstić information content (AvgIpc) is 2.74. The first-order chi connectivity index (χ1) is 15.3. The zero-order valence-corrected chi connectivity index (χ0v) is 23.0. The minimum Gasteiger partial charge on any atom is -0.414 e. The SMILES string of the molecule is Cc1ccc(S(=O)(=O)N2C[C@@H](CO[Si](C)(C)C(C)(C)C)OCC2Cc2ccc(Cl)cc2)cc1. The van der Waals surface area contributed by atoms with Crippen LogP contribution in [0.25, 0.3) is 0 Å². The zero-order valence-electron chi connectivity index (χ0n) is 20.5. The smallest absolute Gasteiger partial charge is 0.243 e. The van der Waals surface area contributed by atoms with Gasteiger partial charge in [-0.05, 0) is 61.3 Å². The second kappa shape index (κ2) is 10.2. The number of hydrogen-bond donors (Lipinski definition) is 0. The van der Waals surface area contributed by atoms with Crippen LogP contribution in [0.3, 0.4) is 0 Å². The highest BCUT2D eigenvalue weighted by atomic mass is 35.5. The Morgan fingerprint density at radius 3 is 2.27 bits per heavy atom. The molecule has 2 aromatic carbocycles. The van der Waals surface area contributed by atoms with Crippen molar-refractivity contribution in [3.8, 4) is 0 Å². The van der Waals surface area contributed by atoms with Crippen LogP contribution in [0.1, 0.15) is 31.9 Å². The largest absolute Gasteiger partial charge is 0.414 e. The molecule has 1 fully saturated rings. The van der Waals surface area contributed by atoms with Crippen LogP contribution in [0.15, 0.2) is 53.4 Å². The number of aryl methyl sites for hydroxylation is 1. The summed E-state index contributed by atoms with van der Waals surface area (Å²) in [6.45, 7) is 13.9. The summed E-state index contributed by atoms with van der Waals surface area (Å²) in [6.07, 6.45) is 0.249. The Morgan fingerprint density at radius 1 is 1.09 bits per heavy atom. The second-order valence-electron chi connectivity index (χ2n) is 10.4. The topological polar surface area (TPSA) is 55.8 Å². The van der Waals surface area contributed by atoms with Crippen LogP contribution in [-0.2, 0) is 25.6 Å². The summed E-state index contributed by atoms with van der Waals surface area (Å²) < 4.78 is 41.5. The summed E-state index contributed by atoms with van der Waals surface area (Å²) in [7, 11) is -5.66. The molecule has 0 bridgehead atoms. The number of sulfonamides is 1. The molecule has 0 spiro atoms. The number of benzene rings is 2. The highest BCUT2D eigenvalue weighted by Crippen LogP contribution is 2.37. The molecule has 1 aliphatic heterocycles. The van der Waals surface area contributed by atoms with Gasteiger partial charge in [0.2, 0.25) is 10.0 Å². The Labute approximate surface area is 205 Å². The van der Waals surface area contributed by atoms with Crippen LogP contribution < -0.4 is 0 Å². The van der Waals surface area contributed by atoms with Crippen LogP contribution >= 0.6 is 11.6 Å². The van der Waals surface area contributed by atoms with Crippen molar-refractivity contribution >= 4 is 29.9 Å². The Balaban J connectivity index is 1.84. The number of halogens is 1. The molecule has 0 radical (unpaired) electrons. The van der Waals surface area contributed by atoms with E-state index in [2.05, 4.69) is 33.9 Å². The van der Waals surface area contributed by atoms with Gasteiger partial charge in [0, 0.05) is 11.6 Å². The molecule has 1 unspecified atom stereocenters. The summed E-state index contributed by atoms with van der Waals surface area (Å²) in [5.41, 5.74) is 2.04. The average molecular weight is 510 g/mol. The van der Waals surface area contributed by atoms with Gasteiger partial charge < -0.3 is 9.16 Å². The van der Waals surface area contributed by atoms with Gasteiger partial charge in [-0.3, -0.25) is 0 Å². The first-order valence-electron chi connectivity index (χ1n) is 11.4. The van der Waals surface area contributed by atoms with Crippen LogP contribution in [0, 0.1) is 6.92 Å². The molecule has 2 aromatic rings. The van der Waals surface area contributed by atoms with Crippen molar-refractivity contribution in [2.45, 2.75) is 69.3 Å². The van der Waals surface area contributed by atoms with E-state index >= 15 is 0 Å². The molecule has 8 heteroatoms. The van der Waals surface area contributed by atoms with Crippen molar-refractivity contribution in [3.63, 3.8) is 0 Å². The van der Waals surface area contributed by atoms with Gasteiger partial charge in [-0.15, -0.1) is 0 Å². The van der Waals surface area contributed by atoms with Crippen molar-refractivity contribution in [2.75, 3.05) is 19.8 Å². The summed E-state index contributed by atoms with van der Waals surface area (Å²) in [5.74, 6) is 0. The Hall–Kier alpha value is -1.22. The Bertz CT molecular complexity index is 1030. The predicted octanol–water partition coefficient (Wildman–Crippen LogP) is 5.67. The fourth-order valence-electron chi connectivity index (χ4n) is 3.54. The van der Waals surface area contributed by atoms with E-state index in [1.165, 1.54) is 0 Å². The van der Waals surface area contributed by atoms with E-state index in [1.807, 2.05) is 43.3 Å². The van der Waals surface area contributed by atoms with Crippen molar-refractivity contribution in [1.29, 1.82) is 0 Å². The maximum atomic E-state index is 13.7. The predicted molar refractivity (Wildman–Crippen MR) is 137 cm³/mol. The van der Waals surface area contributed by atoms with Crippen LogP contribution in [0.2, 0.25) is 23.2 Å². The first kappa shape index (κ1) is 26.4. The molecular weight excluding hydrogens is 474 g/mol. The van der Waals surface area contributed by atoms with Gasteiger partial charge in [0.25, 0.3) is 0 Å². The van der Waals surface area contributed by atoms with E-state index in [4.69, 9.17) is 20.8 Å². The number of rotatable bonds is 7. The number of nitrogens with zero attached hydrogens (tertiary/aromatic N) is 1. The van der Waals surface area contributed by atoms with E-state index in [0.717, 1.165) is 11.1 Å². The maximum Gasteiger partial charge on any atom is 0.243 e. The Kier molecular flexibility index (Phi) is 8.14. The van der Waals surface area contributed by atoms with Gasteiger partial charge in [-0.1, -0.05) is 62.2 Å². The minimum absolute atomic E-state index is 0.0758. The first-order valence-corrected chi connectivity index (χ1v) is 16.1. The molecule has 0 saturated carbocycles. The fourth-order valence-corrected chi connectivity index (χ4v) is 6.35. The van der Waals surface area contributed by atoms with E-state index in [9.17, 15) is 8.42 Å². The fraction of sp³-hybridized carbons (Fsp3) is 0.520. The lowest BCUT2D eigenvalue weighted by Crippen LogP contribution is -2.55. The lowest BCUT2D eigenvalue weighted by molar-refractivity contribution is -0.0529. The molecule has 0 N–H and O–H groups in total. The van der Waals surface area contributed by atoms with Crippen LogP contribution in [-0.4, -0.2) is 52.9 Å². The molecule has 182 valence electrons. The van der Waals surface area contributed by atoms with Crippen molar-refractivity contribution < 1.29 is 17.6 Å². The summed E-state index contributed by atoms with van der Waals surface area (Å²) >= 11 is 6.03. The van der Waals surface area contributed by atoms with Crippen LogP contribution in [0.5, 0.6) is 0 Å². The minimum atomic E-state index is -3.69. The molecule has 2 atom stereocenters. The maximum absolute atomic E-state index is 13.7. The highest BCUT2D eigenvalue weighted by Gasteiger charge is 2.41. The van der Waals surface area contributed by atoms with Crippen molar-refractivity contribution in [3.05, 3.63) is 64.7 Å². The zero-order chi connectivity index (χ0) is 24.4. The number of ether oxygens (including phenoxy) is 1. The monoisotopic (exact) mass is 509 g/mol. The van der Waals surface area contributed by atoms with Gasteiger partial charge in [0.15, 0.2) is 8.32 Å². The Morgan fingerprint density at radius 2 is 1.70 bits per heavy atom. The molecule has 3 rings (SSSR count). The lowest BCUT2D eigenvalue weighted by atomic mass is 10.1. The summed E-state index contributed by atoms with van der Waals surface area (Å²) in [5, 5.41) is 0.734. The van der Waals surface area contributed by atoms with E-state index in [1.54, 1.807) is 16.4 Å². The summed E-state index contributed by atoms with van der Waals surface area (Å²) in [6, 6.07) is 14.3. The number of morpholine rings is 1. The van der Waals surface area contributed by atoms with Gasteiger partial charge >= 0.3 is 0 Å². The van der Waals surface area contributed by atoms with Crippen molar-refractivity contribution in [2.24, 2.45) is 0 Å². The van der Waals surface area contributed by atoms with E-state index in [-0.39, 0.29) is 23.7 Å². The van der Waals surface area contributed by atoms with Crippen LogP contribution in [0.4, 0.5) is 0 Å². The lowest BCUT2D eigenvalue weighted by Gasteiger charge is -2.41. The van der Waals surface area contributed by atoms with Gasteiger partial charge in [-0.25, -0.2) is 8.42 Å². The molecule has 0 aliphatic carbocycles. The van der Waals surface area contributed by atoms with E-state index < -0.39 is 18.3 Å². The molecule has 1 saturated heterocycles. The normalized spacial score (nSPS) is 20.7. The molecular formula is C25H36ClNO4SSi. The molecule has 1 heterocycles. The molecule has 1 aliphatic rings. The van der Waals surface area contributed by atoms with Gasteiger partial charge in [0.05, 0.1) is 30.3 Å². The quantitative estimate of drug-likeness (QED) is 0.451. The third kappa shape index (κ3) is 6.47. The molecule has 0 aromatic heterocycles. The highest BCUT2D eigenvalue weighted by molar-refractivity contribution is 7.89. The third-order valence-electron chi connectivity index (χ3n) is 6.76. The van der Waals surface area contributed by atoms with Gasteiger partial charge in [0.1, 0.15) is 0 Å².